The van der Waals surface area contributed by atoms with E-state index < -0.39 is 11.7 Å². The van der Waals surface area contributed by atoms with Gasteiger partial charge in [0.15, 0.2) is 0 Å². The summed E-state index contributed by atoms with van der Waals surface area (Å²) in [5, 5.41) is 0. The van der Waals surface area contributed by atoms with E-state index in [4.69, 9.17) is 9.47 Å². The number of nitrogens with zero attached hydrogens (tertiary/aromatic N) is 1. The predicted octanol–water partition coefficient (Wildman–Crippen LogP) is 3.12. The molecule has 5 heteroatoms. The van der Waals surface area contributed by atoms with Crippen molar-refractivity contribution in [3.63, 3.8) is 0 Å². The maximum Gasteiger partial charge on any atom is 0.410 e. The van der Waals surface area contributed by atoms with Crippen molar-refractivity contribution in [2.24, 2.45) is 0 Å². The van der Waals surface area contributed by atoms with E-state index in [0.29, 0.717) is 6.54 Å². The molecular weight excluding hydrogens is 258 g/mol. The third kappa shape index (κ3) is 6.78. The highest BCUT2D eigenvalue weighted by Gasteiger charge is 2.21. The van der Waals surface area contributed by atoms with Crippen LogP contribution in [0.5, 0.6) is 0 Å². The van der Waals surface area contributed by atoms with E-state index in [0.717, 1.165) is 25.7 Å². The second-order valence-electron chi connectivity index (χ2n) is 6.40. The first-order valence-electron chi connectivity index (χ1n) is 7.41. The van der Waals surface area contributed by atoms with E-state index in [1.807, 2.05) is 20.8 Å². The van der Waals surface area contributed by atoms with Gasteiger partial charge in [0, 0.05) is 13.6 Å². The third-order valence-corrected chi connectivity index (χ3v) is 3.21. The Morgan fingerprint density at radius 1 is 1.15 bits per heavy atom. The van der Waals surface area contributed by atoms with Crippen LogP contribution in [0.25, 0.3) is 0 Å². The van der Waals surface area contributed by atoms with Crippen molar-refractivity contribution < 1.29 is 19.1 Å². The Bertz CT molecular complexity index is 329. The molecule has 1 amide bonds. The van der Waals surface area contributed by atoms with E-state index in [2.05, 4.69) is 0 Å². The smallest absolute Gasteiger partial charge is 0.410 e. The van der Waals surface area contributed by atoms with Crippen molar-refractivity contribution in [3.8, 4) is 0 Å². The number of hydrogen-bond acceptors (Lipinski definition) is 4. The summed E-state index contributed by atoms with van der Waals surface area (Å²) in [7, 11) is 1.63. The first-order chi connectivity index (χ1) is 9.28. The number of esters is 1. The Morgan fingerprint density at radius 2 is 1.75 bits per heavy atom. The lowest BCUT2D eigenvalue weighted by molar-refractivity contribution is -0.150. The van der Waals surface area contributed by atoms with Gasteiger partial charge in [-0.05, 0) is 46.5 Å². The lowest BCUT2D eigenvalue weighted by atomic mass is 9.98. The number of carbonyl (C=O) groups excluding carboxylic acids is 2. The van der Waals surface area contributed by atoms with Crippen LogP contribution in [0.15, 0.2) is 0 Å². The Balaban J connectivity index is 2.24. The molecule has 1 saturated carbocycles. The zero-order chi connectivity index (χ0) is 15.2. The van der Waals surface area contributed by atoms with Crippen LogP contribution in [-0.2, 0) is 14.3 Å². The molecule has 0 radical (unpaired) electrons. The minimum Gasteiger partial charge on any atom is -0.462 e. The van der Waals surface area contributed by atoms with Gasteiger partial charge >= 0.3 is 12.1 Å². The van der Waals surface area contributed by atoms with Crippen LogP contribution >= 0.6 is 0 Å². The molecule has 0 aromatic carbocycles. The average Bonchev–Trinajstić information content (AvgIpc) is 2.35. The Morgan fingerprint density at radius 3 is 2.30 bits per heavy atom. The van der Waals surface area contributed by atoms with Gasteiger partial charge in [0.25, 0.3) is 0 Å². The first-order valence-corrected chi connectivity index (χ1v) is 7.41. The molecule has 0 aromatic heterocycles. The fraction of sp³-hybridized carbons (Fsp3) is 0.867. The molecule has 1 rings (SSSR count). The molecule has 0 spiro atoms. The molecule has 116 valence electrons. The number of rotatable bonds is 4. The summed E-state index contributed by atoms with van der Waals surface area (Å²) in [4.78, 5) is 24.8. The standard InChI is InChI=1S/C15H27NO4/c1-15(2,3)20-14(18)16(4)11-10-13(17)19-12-8-6-5-7-9-12/h12H,5-11H2,1-4H3. The van der Waals surface area contributed by atoms with Crippen molar-refractivity contribution >= 4 is 12.1 Å². The molecular formula is C15H27NO4. The molecule has 0 N–H and O–H groups in total. The van der Waals surface area contributed by atoms with Crippen LogP contribution < -0.4 is 0 Å². The van der Waals surface area contributed by atoms with Gasteiger partial charge in [0.05, 0.1) is 6.42 Å². The minimum atomic E-state index is -0.520. The van der Waals surface area contributed by atoms with Crippen molar-refractivity contribution in [2.45, 2.75) is 71.0 Å². The molecule has 0 bridgehead atoms. The van der Waals surface area contributed by atoms with Crippen molar-refractivity contribution in [1.82, 2.24) is 4.90 Å². The van der Waals surface area contributed by atoms with Crippen LogP contribution in [-0.4, -0.2) is 42.3 Å². The summed E-state index contributed by atoms with van der Waals surface area (Å²) in [6.07, 6.45) is 5.31. The quantitative estimate of drug-likeness (QED) is 0.745. The molecule has 20 heavy (non-hydrogen) atoms. The van der Waals surface area contributed by atoms with E-state index in [1.165, 1.54) is 11.3 Å². The largest absolute Gasteiger partial charge is 0.462 e. The van der Waals surface area contributed by atoms with Gasteiger partial charge in [-0.3, -0.25) is 4.79 Å². The summed E-state index contributed by atoms with van der Waals surface area (Å²) in [6, 6.07) is 0. The lowest BCUT2D eigenvalue weighted by Crippen LogP contribution is -2.35. The van der Waals surface area contributed by atoms with Gasteiger partial charge in [-0.15, -0.1) is 0 Å². The summed E-state index contributed by atoms with van der Waals surface area (Å²) >= 11 is 0. The van der Waals surface area contributed by atoms with Gasteiger partial charge < -0.3 is 14.4 Å². The minimum absolute atomic E-state index is 0.0723. The Hall–Kier alpha value is -1.26. The molecule has 5 nitrogen and oxygen atoms in total. The maximum absolute atomic E-state index is 11.7. The number of ether oxygens (including phenoxy) is 2. The fourth-order valence-electron chi connectivity index (χ4n) is 2.12. The van der Waals surface area contributed by atoms with Crippen LogP contribution in [0.4, 0.5) is 4.79 Å². The highest BCUT2D eigenvalue weighted by molar-refractivity contribution is 5.72. The molecule has 0 aliphatic heterocycles. The molecule has 0 unspecified atom stereocenters. The summed E-state index contributed by atoms with van der Waals surface area (Å²) < 4.78 is 10.6. The lowest BCUT2D eigenvalue weighted by Gasteiger charge is -2.25. The van der Waals surface area contributed by atoms with Crippen molar-refractivity contribution in [2.75, 3.05) is 13.6 Å². The molecule has 0 aromatic rings. The van der Waals surface area contributed by atoms with Gasteiger partial charge in [-0.2, -0.15) is 0 Å². The normalized spacial score (nSPS) is 16.6. The monoisotopic (exact) mass is 285 g/mol. The van der Waals surface area contributed by atoms with E-state index in [1.54, 1.807) is 7.05 Å². The van der Waals surface area contributed by atoms with Crippen LogP contribution in [0.2, 0.25) is 0 Å². The second kappa shape index (κ2) is 7.50. The highest BCUT2D eigenvalue weighted by Crippen LogP contribution is 2.20. The van der Waals surface area contributed by atoms with Crippen molar-refractivity contribution in [3.05, 3.63) is 0 Å². The number of carbonyl (C=O) groups is 2. The maximum atomic E-state index is 11.7. The average molecular weight is 285 g/mol. The number of amides is 1. The van der Waals surface area contributed by atoms with Crippen molar-refractivity contribution in [1.29, 1.82) is 0 Å². The SMILES string of the molecule is CN(CCC(=O)OC1CCCCC1)C(=O)OC(C)(C)C. The van der Waals surface area contributed by atoms with Crippen LogP contribution in [0.1, 0.15) is 59.3 Å². The number of hydrogen-bond donors (Lipinski definition) is 0. The van der Waals surface area contributed by atoms with E-state index >= 15 is 0 Å². The zero-order valence-corrected chi connectivity index (χ0v) is 13.1. The van der Waals surface area contributed by atoms with E-state index in [9.17, 15) is 9.59 Å². The molecule has 0 heterocycles. The second-order valence-corrected chi connectivity index (χ2v) is 6.40. The highest BCUT2D eigenvalue weighted by atomic mass is 16.6. The fourth-order valence-corrected chi connectivity index (χ4v) is 2.12. The molecule has 0 atom stereocenters. The van der Waals surface area contributed by atoms with Crippen LogP contribution in [0.3, 0.4) is 0 Å². The molecule has 0 saturated heterocycles. The molecule has 1 aliphatic carbocycles. The summed E-state index contributed by atoms with van der Waals surface area (Å²) in [5.41, 5.74) is -0.520. The molecule has 1 fully saturated rings. The first kappa shape index (κ1) is 16.8. The van der Waals surface area contributed by atoms with Gasteiger partial charge in [-0.1, -0.05) is 6.42 Å². The Kier molecular flexibility index (Phi) is 6.30. The predicted molar refractivity (Wildman–Crippen MR) is 76.4 cm³/mol. The third-order valence-electron chi connectivity index (χ3n) is 3.21. The van der Waals surface area contributed by atoms with Gasteiger partial charge in [0.2, 0.25) is 0 Å². The zero-order valence-electron chi connectivity index (χ0n) is 13.1. The molecule has 1 aliphatic rings. The topological polar surface area (TPSA) is 55.8 Å². The van der Waals surface area contributed by atoms with Crippen LogP contribution in [0, 0.1) is 0 Å². The summed E-state index contributed by atoms with van der Waals surface area (Å²) in [6.45, 7) is 5.77. The summed E-state index contributed by atoms with van der Waals surface area (Å²) in [5.74, 6) is -0.229. The van der Waals surface area contributed by atoms with Gasteiger partial charge in [0.1, 0.15) is 11.7 Å². The van der Waals surface area contributed by atoms with E-state index in [-0.39, 0.29) is 18.5 Å². The Labute approximate surface area is 121 Å². The van der Waals surface area contributed by atoms with Gasteiger partial charge in [-0.25, -0.2) is 4.79 Å².